The number of anilines is 1. The quantitative estimate of drug-likeness (QED) is 0.646. The number of amides is 3. The van der Waals surface area contributed by atoms with E-state index in [1.54, 1.807) is 35.6 Å². The predicted octanol–water partition coefficient (Wildman–Crippen LogP) is 3.53. The third-order valence-electron chi connectivity index (χ3n) is 5.39. The number of thioether (sulfide) groups is 1. The van der Waals surface area contributed by atoms with Crippen LogP contribution < -0.4 is 10.6 Å². The Bertz CT molecular complexity index is 983. The topological polar surface area (TPSA) is 90.9 Å². The molecular formula is C23H26N4O3S2. The van der Waals surface area contributed by atoms with Gasteiger partial charge in [-0.3, -0.25) is 14.4 Å². The summed E-state index contributed by atoms with van der Waals surface area (Å²) in [6.07, 6.45) is 4.32. The highest BCUT2D eigenvalue weighted by Gasteiger charge is 2.33. The van der Waals surface area contributed by atoms with E-state index >= 15 is 0 Å². The molecule has 1 atom stereocenters. The van der Waals surface area contributed by atoms with E-state index in [0.717, 1.165) is 37.5 Å². The highest BCUT2D eigenvalue weighted by Crippen LogP contribution is 2.29. The fourth-order valence-corrected chi connectivity index (χ4v) is 5.50. The summed E-state index contributed by atoms with van der Waals surface area (Å²) < 4.78 is 0. The summed E-state index contributed by atoms with van der Waals surface area (Å²) in [5.41, 5.74) is 1.13. The molecule has 1 fully saturated rings. The molecule has 3 amide bonds. The average molecular weight is 471 g/mol. The predicted molar refractivity (Wildman–Crippen MR) is 129 cm³/mol. The average Bonchev–Trinajstić information content (AvgIpc) is 3.45. The van der Waals surface area contributed by atoms with Crippen molar-refractivity contribution in [1.29, 1.82) is 0 Å². The lowest BCUT2D eigenvalue weighted by molar-refractivity contribution is -0.121. The number of hydrogen-bond acceptors (Lipinski definition) is 6. The van der Waals surface area contributed by atoms with Crippen LogP contribution in [0.1, 0.15) is 40.9 Å². The molecule has 1 unspecified atom stereocenters. The molecule has 1 aromatic carbocycles. The first kappa shape index (κ1) is 22.5. The molecule has 2 aliphatic heterocycles. The third kappa shape index (κ3) is 5.98. The Labute approximate surface area is 195 Å². The second-order valence-corrected chi connectivity index (χ2v) is 10.0. The van der Waals surface area contributed by atoms with Gasteiger partial charge in [-0.15, -0.1) is 11.3 Å². The zero-order valence-electron chi connectivity index (χ0n) is 17.7. The van der Waals surface area contributed by atoms with Gasteiger partial charge < -0.3 is 15.5 Å². The van der Waals surface area contributed by atoms with Gasteiger partial charge in [0, 0.05) is 42.2 Å². The van der Waals surface area contributed by atoms with E-state index < -0.39 is 5.25 Å². The van der Waals surface area contributed by atoms with E-state index in [0.29, 0.717) is 17.8 Å². The van der Waals surface area contributed by atoms with Crippen molar-refractivity contribution < 1.29 is 14.4 Å². The lowest BCUT2D eigenvalue weighted by Crippen LogP contribution is -2.33. The van der Waals surface area contributed by atoms with Gasteiger partial charge in [0.1, 0.15) is 5.25 Å². The minimum atomic E-state index is -0.472. The minimum absolute atomic E-state index is 0.0787. The summed E-state index contributed by atoms with van der Waals surface area (Å²) in [5, 5.41) is 8.02. The SMILES string of the molecule is O=C(CC1SC(N2CCCCC2)=NC1=O)Nc1ccc(C(=O)NCCc2cccs2)cc1. The highest BCUT2D eigenvalue weighted by molar-refractivity contribution is 8.15. The van der Waals surface area contributed by atoms with Gasteiger partial charge >= 0.3 is 0 Å². The maximum absolute atomic E-state index is 12.5. The van der Waals surface area contributed by atoms with Crippen molar-refractivity contribution in [3.63, 3.8) is 0 Å². The molecule has 3 heterocycles. The summed E-state index contributed by atoms with van der Waals surface area (Å²) in [6.45, 7) is 2.42. The Morgan fingerprint density at radius 3 is 2.59 bits per heavy atom. The first-order chi connectivity index (χ1) is 15.6. The van der Waals surface area contributed by atoms with Crippen molar-refractivity contribution in [3.05, 3.63) is 52.2 Å². The van der Waals surface area contributed by atoms with Crippen LogP contribution in [0.4, 0.5) is 5.69 Å². The molecule has 2 aliphatic rings. The summed E-state index contributed by atoms with van der Waals surface area (Å²) >= 11 is 3.06. The van der Waals surface area contributed by atoms with E-state index in [1.165, 1.54) is 23.1 Å². The molecule has 0 spiro atoms. The number of carbonyl (C=O) groups is 3. The number of nitrogens with one attached hydrogen (secondary N) is 2. The van der Waals surface area contributed by atoms with E-state index in [-0.39, 0.29) is 24.1 Å². The van der Waals surface area contributed by atoms with Gasteiger partial charge in [0.25, 0.3) is 11.8 Å². The maximum Gasteiger partial charge on any atom is 0.262 e. The zero-order chi connectivity index (χ0) is 22.3. The zero-order valence-corrected chi connectivity index (χ0v) is 19.3. The summed E-state index contributed by atoms with van der Waals surface area (Å²) in [6, 6.07) is 10.8. The van der Waals surface area contributed by atoms with Crippen LogP contribution >= 0.6 is 23.1 Å². The normalized spacial score (nSPS) is 18.4. The number of nitrogens with zero attached hydrogens (tertiary/aromatic N) is 2. The van der Waals surface area contributed by atoms with Crippen molar-refractivity contribution >= 4 is 51.7 Å². The minimum Gasteiger partial charge on any atom is -0.352 e. The van der Waals surface area contributed by atoms with Crippen LogP contribution in [-0.4, -0.2) is 52.7 Å². The molecule has 2 aromatic rings. The molecule has 4 rings (SSSR count). The van der Waals surface area contributed by atoms with Gasteiger partial charge in [-0.1, -0.05) is 17.8 Å². The fraction of sp³-hybridized carbons (Fsp3) is 0.391. The van der Waals surface area contributed by atoms with Gasteiger partial charge in [-0.05, 0) is 61.4 Å². The number of hydrogen-bond donors (Lipinski definition) is 2. The van der Waals surface area contributed by atoms with E-state index in [9.17, 15) is 14.4 Å². The summed E-state index contributed by atoms with van der Waals surface area (Å²) in [4.78, 5) is 44.5. The fourth-order valence-electron chi connectivity index (χ4n) is 3.67. The molecule has 0 aliphatic carbocycles. The molecule has 0 radical (unpaired) electrons. The number of rotatable bonds is 7. The van der Waals surface area contributed by atoms with E-state index in [1.807, 2.05) is 17.5 Å². The number of thiophene rings is 1. The van der Waals surface area contributed by atoms with Crippen molar-refractivity contribution in [2.45, 2.75) is 37.4 Å². The monoisotopic (exact) mass is 470 g/mol. The van der Waals surface area contributed by atoms with Crippen LogP contribution in [0.5, 0.6) is 0 Å². The largest absolute Gasteiger partial charge is 0.352 e. The first-order valence-electron chi connectivity index (χ1n) is 10.8. The van der Waals surface area contributed by atoms with Gasteiger partial charge in [0.2, 0.25) is 5.91 Å². The van der Waals surface area contributed by atoms with Crippen LogP contribution in [0, 0.1) is 0 Å². The number of likely N-dealkylation sites (tertiary alicyclic amines) is 1. The molecule has 1 aromatic heterocycles. The molecule has 32 heavy (non-hydrogen) atoms. The Hall–Kier alpha value is -2.65. The molecular weight excluding hydrogens is 444 g/mol. The number of amidine groups is 1. The van der Waals surface area contributed by atoms with Gasteiger partial charge in [-0.2, -0.15) is 4.99 Å². The molecule has 168 valence electrons. The standard InChI is InChI=1S/C23H26N4O3S2/c28-20(15-19-22(30)26-23(32-19)27-12-2-1-3-13-27)25-17-8-6-16(7-9-17)21(29)24-11-10-18-5-4-14-31-18/h4-9,14,19H,1-3,10-13,15H2,(H,24,29)(H,25,28). The van der Waals surface area contributed by atoms with Crippen LogP contribution in [0.15, 0.2) is 46.8 Å². The lowest BCUT2D eigenvalue weighted by Gasteiger charge is -2.27. The second kappa shape index (κ2) is 10.8. The van der Waals surface area contributed by atoms with Gasteiger partial charge in [-0.25, -0.2) is 0 Å². The highest BCUT2D eigenvalue weighted by atomic mass is 32.2. The van der Waals surface area contributed by atoms with Crippen molar-refractivity contribution in [2.75, 3.05) is 25.0 Å². The number of piperidine rings is 1. The van der Waals surface area contributed by atoms with Crippen LogP contribution in [0.2, 0.25) is 0 Å². The van der Waals surface area contributed by atoms with Crippen LogP contribution in [-0.2, 0) is 16.0 Å². The molecule has 2 N–H and O–H groups in total. The molecule has 9 heteroatoms. The van der Waals surface area contributed by atoms with Crippen molar-refractivity contribution in [1.82, 2.24) is 10.2 Å². The van der Waals surface area contributed by atoms with Crippen molar-refractivity contribution in [3.8, 4) is 0 Å². The Kier molecular flexibility index (Phi) is 7.59. The van der Waals surface area contributed by atoms with Crippen LogP contribution in [0.3, 0.4) is 0 Å². The molecule has 0 saturated carbocycles. The molecule has 7 nitrogen and oxygen atoms in total. The van der Waals surface area contributed by atoms with Crippen molar-refractivity contribution in [2.24, 2.45) is 4.99 Å². The second-order valence-electron chi connectivity index (χ2n) is 7.80. The Morgan fingerprint density at radius 2 is 1.88 bits per heavy atom. The van der Waals surface area contributed by atoms with Gasteiger partial charge in [0.15, 0.2) is 5.17 Å². The number of carbonyl (C=O) groups excluding carboxylic acids is 3. The molecule has 0 bridgehead atoms. The Balaban J connectivity index is 1.22. The third-order valence-corrected chi connectivity index (χ3v) is 7.54. The summed E-state index contributed by atoms with van der Waals surface area (Å²) in [5.74, 6) is -0.617. The number of aliphatic imine (C=N–C) groups is 1. The lowest BCUT2D eigenvalue weighted by atomic mass is 10.1. The smallest absolute Gasteiger partial charge is 0.262 e. The van der Waals surface area contributed by atoms with E-state index in [4.69, 9.17) is 0 Å². The van der Waals surface area contributed by atoms with Crippen LogP contribution in [0.25, 0.3) is 0 Å². The Morgan fingerprint density at radius 1 is 1.09 bits per heavy atom. The maximum atomic E-state index is 12.5. The number of benzene rings is 1. The molecule has 1 saturated heterocycles. The summed E-state index contributed by atoms with van der Waals surface area (Å²) in [7, 11) is 0. The first-order valence-corrected chi connectivity index (χ1v) is 12.6. The van der Waals surface area contributed by atoms with E-state index in [2.05, 4.69) is 20.5 Å². The van der Waals surface area contributed by atoms with Gasteiger partial charge in [0.05, 0.1) is 0 Å².